The Labute approximate surface area is 190 Å². The Hall–Kier alpha value is -2.16. The highest BCUT2D eigenvalue weighted by atomic mass is 127. The number of esters is 1. The average Bonchev–Trinajstić information content (AvgIpc) is 2.65. The minimum Gasteiger partial charge on any atom is -0.467 e. The number of amides is 1. The number of alkyl carbamates (subject to hydrolysis) is 1. The fraction of sp³-hybridized carbons (Fsp3) is 0.391. The maximum absolute atomic E-state index is 14.8. The third-order valence-corrected chi connectivity index (χ3v) is 5.29. The van der Waals surface area contributed by atoms with Gasteiger partial charge in [0.2, 0.25) is 0 Å². The van der Waals surface area contributed by atoms with Crippen LogP contribution >= 0.6 is 22.6 Å². The molecule has 2 aromatic rings. The molecule has 1 amide bonds. The second-order valence-corrected chi connectivity index (χ2v) is 9.11. The molecule has 0 saturated carbocycles. The van der Waals surface area contributed by atoms with Crippen molar-refractivity contribution in [3.05, 3.63) is 68.5 Å². The van der Waals surface area contributed by atoms with Gasteiger partial charge in [0, 0.05) is 15.6 Å². The molecule has 0 saturated heterocycles. The number of aryl methyl sites for hydroxylation is 1. The molecule has 1 atom stereocenters. The van der Waals surface area contributed by atoms with E-state index >= 15 is 0 Å². The Morgan fingerprint density at radius 2 is 1.77 bits per heavy atom. The third-order valence-electron chi connectivity index (χ3n) is 4.32. The summed E-state index contributed by atoms with van der Waals surface area (Å²) in [5, 5.41) is 2.51. The first-order chi connectivity index (χ1) is 14.1. The number of carbonyl (C=O) groups excluding carboxylic acids is 2. The number of rotatable bonds is 7. The SMILES string of the molecule is COC(=O)[C@H](Cc1cc(F)c(CCc2ccccc2)c(I)c1)NC(=O)OC(C)(C)C. The first kappa shape index (κ1) is 24.1. The zero-order valence-corrected chi connectivity index (χ0v) is 19.8. The molecule has 0 aliphatic heterocycles. The van der Waals surface area contributed by atoms with Gasteiger partial charge in [0.25, 0.3) is 0 Å². The number of ether oxygens (including phenoxy) is 2. The van der Waals surface area contributed by atoms with Crippen molar-refractivity contribution in [2.45, 2.75) is 51.7 Å². The molecule has 0 spiro atoms. The van der Waals surface area contributed by atoms with Crippen molar-refractivity contribution in [2.24, 2.45) is 0 Å². The summed E-state index contributed by atoms with van der Waals surface area (Å²) in [6, 6.07) is 12.2. The topological polar surface area (TPSA) is 64.6 Å². The van der Waals surface area contributed by atoms with Crippen molar-refractivity contribution >= 4 is 34.7 Å². The van der Waals surface area contributed by atoms with Gasteiger partial charge in [-0.1, -0.05) is 30.3 Å². The van der Waals surface area contributed by atoms with E-state index in [4.69, 9.17) is 9.47 Å². The first-order valence-electron chi connectivity index (χ1n) is 9.67. The average molecular weight is 527 g/mol. The van der Waals surface area contributed by atoms with E-state index in [2.05, 4.69) is 27.9 Å². The standard InChI is InChI=1S/C23H27FINO4/c1-23(2,3)30-22(28)26-20(21(27)29-4)14-16-12-18(24)17(19(25)13-16)11-10-15-8-6-5-7-9-15/h5-9,12-13,20H,10-11,14H2,1-4H3,(H,26,28)/t20-/m0/s1. The lowest BCUT2D eigenvalue weighted by Gasteiger charge is -2.23. The van der Waals surface area contributed by atoms with Gasteiger partial charge in [-0.3, -0.25) is 0 Å². The second kappa shape index (κ2) is 10.7. The molecule has 0 heterocycles. The molecule has 7 heteroatoms. The van der Waals surface area contributed by atoms with Crippen LogP contribution in [0.4, 0.5) is 9.18 Å². The maximum Gasteiger partial charge on any atom is 0.408 e. The zero-order valence-electron chi connectivity index (χ0n) is 17.6. The summed E-state index contributed by atoms with van der Waals surface area (Å²) >= 11 is 2.10. The monoisotopic (exact) mass is 527 g/mol. The summed E-state index contributed by atoms with van der Waals surface area (Å²) in [5.74, 6) is -0.946. The summed E-state index contributed by atoms with van der Waals surface area (Å²) in [7, 11) is 1.24. The van der Waals surface area contributed by atoms with Crippen LogP contribution in [0.5, 0.6) is 0 Å². The number of carbonyl (C=O) groups is 2. The molecule has 30 heavy (non-hydrogen) atoms. The molecule has 162 valence electrons. The summed E-state index contributed by atoms with van der Waals surface area (Å²) in [5.41, 5.74) is 1.67. The highest BCUT2D eigenvalue weighted by Gasteiger charge is 2.26. The van der Waals surface area contributed by atoms with Gasteiger partial charge in [-0.25, -0.2) is 14.0 Å². The lowest BCUT2D eigenvalue weighted by molar-refractivity contribution is -0.143. The van der Waals surface area contributed by atoms with Crippen LogP contribution in [0.2, 0.25) is 0 Å². The highest BCUT2D eigenvalue weighted by molar-refractivity contribution is 14.1. The van der Waals surface area contributed by atoms with E-state index in [0.717, 1.165) is 15.6 Å². The molecule has 0 fully saturated rings. The van der Waals surface area contributed by atoms with E-state index in [-0.39, 0.29) is 12.2 Å². The van der Waals surface area contributed by atoms with Crippen LogP contribution in [0.25, 0.3) is 0 Å². The van der Waals surface area contributed by atoms with E-state index in [1.54, 1.807) is 20.8 Å². The van der Waals surface area contributed by atoms with Gasteiger partial charge in [-0.05, 0) is 79.5 Å². The van der Waals surface area contributed by atoms with Gasteiger partial charge in [-0.15, -0.1) is 0 Å². The van der Waals surface area contributed by atoms with Crippen molar-refractivity contribution in [2.75, 3.05) is 7.11 Å². The van der Waals surface area contributed by atoms with Crippen LogP contribution in [0.1, 0.15) is 37.5 Å². The maximum atomic E-state index is 14.8. The van der Waals surface area contributed by atoms with Crippen molar-refractivity contribution in [1.29, 1.82) is 0 Å². The summed E-state index contributed by atoms with van der Waals surface area (Å²) < 4.78 is 25.6. The summed E-state index contributed by atoms with van der Waals surface area (Å²) in [4.78, 5) is 24.2. The van der Waals surface area contributed by atoms with Crippen LogP contribution in [-0.2, 0) is 33.5 Å². The minimum absolute atomic E-state index is 0.0950. The number of nitrogens with one attached hydrogen (secondary N) is 1. The van der Waals surface area contributed by atoms with Gasteiger partial charge in [-0.2, -0.15) is 0 Å². The lowest BCUT2D eigenvalue weighted by atomic mass is 10.00. The number of methoxy groups -OCH3 is 1. The minimum atomic E-state index is -0.977. The van der Waals surface area contributed by atoms with Crippen LogP contribution in [0.15, 0.2) is 42.5 Å². The van der Waals surface area contributed by atoms with Crippen molar-refractivity contribution in [3.63, 3.8) is 0 Å². The zero-order chi connectivity index (χ0) is 22.3. The third kappa shape index (κ3) is 7.59. The largest absolute Gasteiger partial charge is 0.467 e. The molecule has 0 radical (unpaired) electrons. The van der Waals surface area contributed by atoms with Crippen LogP contribution in [0, 0.1) is 9.39 Å². The summed E-state index contributed by atoms with van der Waals surface area (Å²) in [6.45, 7) is 5.18. The highest BCUT2D eigenvalue weighted by Crippen LogP contribution is 2.22. The Morgan fingerprint density at radius 3 is 2.33 bits per heavy atom. The quantitative estimate of drug-likeness (QED) is 0.414. The van der Waals surface area contributed by atoms with Crippen molar-refractivity contribution in [1.82, 2.24) is 5.32 Å². The van der Waals surface area contributed by atoms with Crippen molar-refractivity contribution < 1.29 is 23.5 Å². The molecular formula is C23H27FINO4. The number of hydrogen-bond donors (Lipinski definition) is 1. The Kier molecular flexibility index (Phi) is 8.64. The Balaban J connectivity index is 2.12. The molecule has 5 nitrogen and oxygen atoms in total. The number of hydrogen-bond acceptors (Lipinski definition) is 4. The van der Waals surface area contributed by atoms with Crippen LogP contribution < -0.4 is 5.32 Å². The van der Waals surface area contributed by atoms with Crippen LogP contribution in [0.3, 0.4) is 0 Å². The molecule has 0 bridgehead atoms. The Morgan fingerprint density at radius 1 is 1.10 bits per heavy atom. The molecule has 2 rings (SSSR count). The van der Waals surface area contributed by atoms with Crippen LogP contribution in [-0.4, -0.2) is 30.8 Å². The number of halogens is 2. The van der Waals surface area contributed by atoms with E-state index in [0.29, 0.717) is 17.5 Å². The van der Waals surface area contributed by atoms with Gasteiger partial charge >= 0.3 is 12.1 Å². The van der Waals surface area contributed by atoms with E-state index in [1.165, 1.54) is 13.2 Å². The molecule has 0 aliphatic rings. The Bertz CT molecular complexity index is 858. The van der Waals surface area contributed by atoms with Crippen molar-refractivity contribution in [3.8, 4) is 0 Å². The molecule has 1 N–H and O–H groups in total. The smallest absolute Gasteiger partial charge is 0.408 e. The van der Waals surface area contributed by atoms with Gasteiger partial charge in [0.05, 0.1) is 7.11 Å². The predicted octanol–water partition coefficient (Wildman–Crippen LogP) is 4.82. The molecular weight excluding hydrogens is 500 g/mol. The van der Waals surface area contributed by atoms with Gasteiger partial charge in [0.1, 0.15) is 17.5 Å². The van der Waals surface area contributed by atoms with E-state index in [9.17, 15) is 14.0 Å². The molecule has 0 aliphatic carbocycles. The number of benzene rings is 2. The lowest BCUT2D eigenvalue weighted by Crippen LogP contribution is -2.45. The van der Waals surface area contributed by atoms with E-state index < -0.39 is 23.7 Å². The predicted molar refractivity (Wildman–Crippen MR) is 122 cm³/mol. The van der Waals surface area contributed by atoms with Gasteiger partial charge in [0.15, 0.2) is 0 Å². The summed E-state index contributed by atoms with van der Waals surface area (Å²) in [6.07, 6.45) is 0.675. The van der Waals surface area contributed by atoms with E-state index in [1.807, 2.05) is 36.4 Å². The normalized spacial score (nSPS) is 12.2. The fourth-order valence-corrected chi connectivity index (χ4v) is 3.87. The fourth-order valence-electron chi connectivity index (χ4n) is 2.95. The first-order valence-corrected chi connectivity index (χ1v) is 10.7. The molecule has 2 aromatic carbocycles. The second-order valence-electron chi connectivity index (χ2n) is 7.95. The molecule has 0 unspecified atom stereocenters. The van der Waals surface area contributed by atoms with Gasteiger partial charge < -0.3 is 14.8 Å². The molecule has 0 aromatic heterocycles.